The Morgan fingerprint density at radius 2 is 2.19 bits per heavy atom. The lowest BCUT2D eigenvalue weighted by Gasteiger charge is -2.30. The van der Waals surface area contributed by atoms with Crippen LogP contribution in [0.3, 0.4) is 0 Å². The second-order valence-corrected chi connectivity index (χ2v) is 5.27. The number of amides is 1. The highest BCUT2D eigenvalue weighted by Crippen LogP contribution is 2.33. The van der Waals surface area contributed by atoms with Crippen LogP contribution in [0.2, 0.25) is 0 Å². The lowest BCUT2D eigenvalue weighted by atomic mass is 9.77. The topological polar surface area (TPSA) is 54.0 Å². The van der Waals surface area contributed by atoms with Crippen molar-refractivity contribution in [3.05, 3.63) is 59.3 Å². The number of fused-ring (bicyclic) bond motifs is 1. The molecule has 4 nitrogen and oxygen atoms in total. The monoisotopic (exact) mass is 281 g/mol. The Hall–Kier alpha value is -2.36. The molecule has 1 aliphatic rings. The molecule has 0 aliphatic heterocycles. The zero-order chi connectivity index (χ0) is 14.7. The number of rotatable bonds is 5. The molecule has 1 amide bonds. The number of benzene rings is 1. The maximum absolute atomic E-state index is 12.2. The Bertz CT molecular complexity index is 654. The number of nitrogens with zero attached hydrogens (tertiary/aromatic N) is 1. The van der Waals surface area contributed by atoms with Crippen LogP contribution < -0.4 is 10.6 Å². The summed E-state index contributed by atoms with van der Waals surface area (Å²) < 4.78 is 0. The van der Waals surface area contributed by atoms with Crippen molar-refractivity contribution in [2.45, 2.75) is 19.3 Å². The van der Waals surface area contributed by atoms with Crippen molar-refractivity contribution in [3.8, 4) is 0 Å². The smallest absolute Gasteiger partial charge is 0.251 e. The van der Waals surface area contributed by atoms with Crippen molar-refractivity contribution in [1.29, 1.82) is 0 Å². The summed E-state index contributed by atoms with van der Waals surface area (Å²) in [7, 11) is 0. The lowest BCUT2D eigenvalue weighted by molar-refractivity contribution is 0.0950. The van der Waals surface area contributed by atoms with Gasteiger partial charge in [-0.3, -0.25) is 4.79 Å². The summed E-state index contributed by atoms with van der Waals surface area (Å²) in [4.78, 5) is 16.4. The van der Waals surface area contributed by atoms with E-state index >= 15 is 0 Å². The van der Waals surface area contributed by atoms with E-state index in [2.05, 4.69) is 39.9 Å². The minimum absolute atomic E-state index is 0.0408. The van der Waals surface area contributed by atoms with Crippen molar-refractivity contribution in [1.82, 2.24) is 10.3 Å². The summed E-state index contributed by atoms with van der Waals surface area (Å²) in [5, 5.41) is 6.13. The van der Waals surface area contributed by atoms with E-state index < -0.39 is 0 Å². The molecule has 1 aliphatic carbocycles. The van der Waals surface area contributed by atoms with E-state index in [9.17, 15) is 4.79 Å². The molecule has 4 heteroatoms. The van der Waals surface area contributed by atoms with E-state index in [1.807, 2.05) is 6.92 Å². The molecule has 1 atom stereocenters. The predicted octanol–water partition coefficient (Wildman–Crippen LogP) is 2.58. The number of pyridine rings is 1. The maximum Gasteiger partial charge on any atom is 0.251 e. The van der Waals surface area contributed by atoms with E-state index in [0.29, 0.717) is 18.0 Å². The fraction of sp³-hybridized carbons (Fsp3) is 0.294. The van der Waals surface area contributed by atoms with Crippen LogP contribution in [0.4, 0.5) is 5.82 Å². The summed E-state index contributed by atoms with van der Waals surface area (Å²) in [5.41, 5.74) is 3.41. The average Bonchev–Trinajstić information content (AvgIpc) is 2.48. The van der Waals surface area contributed by atoms with E-state index in [1.165, 1.54) is 11.1 Å². The van der Waals surface area contributed by atoms with Crippen molar-refractivity contribution in [2.75, 3.05) is 18.4 Å². The standard InChI is InChI=1S/C17H19N3O/c1-2-18-16-10-13(7-8-19-16)17(21)20-11-14-9-12-5-3-4-6-15(12)14/h3-8,10,14H,2,9,11H2,1H3,(H,18,19)(H,20,21). The van der Waals surface area contributed by atoms with Crippen molar-refractivity contribution < 1.29 is 4.79 Å². The molecule has 1 aromatic carbocycles. The Kier molecular flexibility index (Phi) is 3.86. The molecule has 0 fully saturated rings. The Morgan fingerprint density at radius 3 is 3.00 bits per heavy atom. The van der Waals surface area contributed by atoms with E-state index in [4.69, 9.17) is 0 Å². The number of nitrogens with one attached hydrogen (secondary N) is 2. The van der Waals surface area contributed by atoms with Gasteiger partial charge in [0.1, 0.15) is 5.82 Å². The number of carbonyl (C=O) groups excluding carboxylic acids is 1. The van der Waals surface area contributed by atoms with Gasteiger partial charge < -0.3 is 10.6 Å². The fourth-order valence-corrected chi connectivity index (χ4v) is 2.71. The largest absolute Gasteiger partial charge is 0.370 e. The van der Waals surface area contributed by atoms with Crippen LogP contribution in [0.5, 0.6) is 0 Å². The molecule has 0 saturated carbocycles. The van der Waals surface area contributed by atoms with Crippen LogP contribution >= 0.6 is 0 Å². The molecule has 108 valence electrons. The third-order valence-corrected chi connectivity index (χ3v) is 3.85. The molecule has 1 unspecified atom stereocenters. The maximum atomic E-state index is 12.2. The van der Waals surface area contributed by atoms with Crippen LogP contribution in [-0.4, -0.2) is 24.0 Å². The van der Waals surface area contributed by atoms with Gasteiger partial charge in [-0.2, -0.15) is 0 Å². The Labute approximate surface area is 124 Å². The van der Waals surface area contributed by atoms with Crippen molar-refractivity contribution in [2.24, 2.45) is 0 Å². The highest BCUT2D eigenvalue weighted by Gasteiger charge is 2.25. The summed E-state index contributed by atoms with van der Waals surface area (Å²) in [5.74, 6) is 1.14. The quantitative estimate of drug-likeness (QED) is 0.885. The van der Waals surface area contributed by atoms with Crippen LogP contribution in [0, 0.1) is 0 Å². The first-order chi connectivity index (χ1) is 10.3. The molecule has 0 bridgehead atoms. The van der Waals surface area contributed by atoms with Crippen molar-refractivity contribution >= 4 is 11.7 Å². The van der Waals surface area contributed by atoms with Crippen LogP contribution in [0.25, 0.3) is 0 Å². The zero-order valence-corrected chi connectivity index (χ0v) is 12.1. The zero-order valence-electron chi connectivity index (χ0n) is 12.1. The SMILES string of the molecule is CCNc1cc(C(=O)NCC2Cc3ccccc32)ccn1. The Balaban J connectivity index is 1.59. The second-order valence-electron chi connectivity index (χ2n) is 5.27. The molecule has 0 radical (unpaired) electrons. The van der Waals surface area contributed by atoms with Gasteiger partial charge in [0.15, 0.2) is 0 Å². The van der Waals surface area contributed by atoms with Crippen LogP contribution in [0.1, 0.15) is 34.3 Å². The molecular weight excluding hydrogens is 262 g/mol. The van der Waals surface area contributed by atoms with Gasteiger partial charge in [0.05, 0.1) is 0 Å². The molecule has 21 heavy (non-hydrogen) atoms. The van der Waals surface area contributed by atoms with Crippen molar-refractivity contribution in [3.63, 3.8) is 0 Å². The third kappa shape index (κ3) is 2.89. The molecule has 2 aromatic rings. The van der Waals surface area contributed by atoms with Crippen LogP contribution in [-0.2, 0) is 6.42 Å². The number of hydrogen-bond donors (Lipinski definition) is 2. The molecule has 3 rings (SSSR count). The molecule has 0 spiro atoms. The normalized spacial score (nSPS) is 15.8. The minimum Gasteiger partial charge on any atom is -0.370 e. The molecular formula is C17H19N3O. The van der Waals surface area contributed by atoms with Gasteiger partial charge in [-0.25, -0.2) is 4.98 Å². The van der Waals surface area contributed by atoms with Gasteiger partial charge >= 0.3 is 0 Å². The second kappa shape index (κ2) is 5.95. The minimum atomic E-state index is -0.0408. The molecule has 0 saturated heterocycles. The van der Waals surface area contributed by atoms with E-state index in [0.717, 1.165) is 18.8 Å². The number of carbonyl (C=O) groups is 1. The van der Waals surface area contributed by atoms with Crippen LogP contribution in [0.15, 0.2) is 42.6 Å². The summed E-state index contributed by atoms with van der Waals surface area (Å²) in [6.45, 7) is 3.48. The highest BCUT2D eigenvalue weighted by atomic mass is 16.1. The van der Waals surface area contributed by atoms with E-state index in [-0.39, 0.29) is 5.91 Å². The van der Waals surface area contributed by atoms with Gasteiger partial charge in [0.25, 0.3) is 5.91 Å². The number of anilines is 1. The van der Waals surface area contributed by atoms with Gasteiger partial charge in [0, 0.05) is 30.8 Å². The molecule has 2 N–H and O–H groups in total. The summed E-state index contributed by atoms with van der Waals surface area (Å²) in [6, 6.07) is 11.9. The first-order valence-electron chi connectivity index (χ1n) is 7.34. The predicted molar refractivity (Wildman–Crippen MR) is 83.6 cm³/mol. The third-order valence-electron chi connectivity index (χ3n) is 3.85. The summed E-state index contributed by atoms with van der Waals surface area (Å²) >= 11 is 0. The molecule has 1 aromatic heterocycles. The van der Waals surface area contributed by atoms with E-state index in [1.54, 1.807) is 18.3 Å². The van der Waals surface area contributed by atoms with Gasteiger partial charge in [-0.05, 0) is 36.6 Å². The number of aromatic nitrogens is 1. The first-order valence-corrected chi connectivity index (χ1v) is 7.34. The van der Waals surface area contributed by atoms with Gasteiger partial charge in [0.2, 0.25) is 0 Å². The average molecular weight is 281 g/mol. The van der Waals surface area contributed by atoms with Gasteiger partial charge in [-0.15, -0.1) is 0 Å². The Morgan fingerprint density at radius 1 is 1.33 bits per heavy atom. The van der Waals surface area contributed by atoms with Gasteiger partial charge in [-0.1, -0.05) is 24.3 Å². The molecule has 1 heterocycles. The number of hydrogen-bond acceptors (Lipinski definition) is 3. The fourth-order valence-electron chi connectivity index (χ4n) is 2.71. The summed E-state index contributed by atoms with van der Waals surface area (Å²) in [6.07, 6.45) is 2.71. The first kappa shape index (κ1) is 13.6. The highest BCUT2D eigenvalue weighted by molar-refractivity contribution is 5.94. The lowest BCUT2D eigenvalue weighted by Crippen LogP contribution is -2.33.